The molecule has 20 heavy (non-hydrogen) atoms. The fraction of sp³-hybridized carbons (Fsp3) is 0.294. The zero-order chi connectivity index (χ0) is 12.9. The fourth-order valence-corrected chi connectivity index (χ4v) is 2.54. The molecule has 1 unspecified atom stereocenters. The number of hydrogen-bond donors (Lipinski definition) is 2. The molecule has 3 heteroatoms. The van der Waals surface area contributed by atoms with E-state index in [9.17, 15) is 0 Å². The molecule has 0 spiro atoms. The van der Waals surface area contributed by atoms with Gasteiger partial charge in [-0.05, 0) is 29.7 Å². The Morgan fingerprint density at radius 2 is 1.65 bits per heavy atom. The smallest absolute Gasteiger partial charge is 0.0208 e. The summed E-state index contributed by atoms with van der Waals surface area (Å²) in [7, 11) is 0. The minimum atomic E-state index is 0. The zero-order valence-corrected chi connectivity index (χ0v) is 12.3. The molecular weight excluding hydrogens is 268 g/mol. The first-order valence-corrected chi connectivity index (χ1v) is 7.00. The van der Waals surface area contributed by atoms with Crippen molar-refractivity contribution in [2.75, 3.05) is 13.1 Å². The van der Waals surface area contributed by atoms with E-state index in [2.05, 4.69) is 65.2 Å². The average Bonchev–Trinajstić information content (AvgIpc) is 3.00. The maximum absolute atomic E-state index is 3.59. The van der Waals surface area contributed by atoms with Gasteiger partial charge in [-0.1, -0.05) is 54.6 Å². The quantitative estimate of drug-likeness (QED) is 0.903. The summed E-state index contributed by atoms with van der Waals surface area (Å²) in [5.74, 6) is 0. The predicted molar refractivity (Wildman–Crippen MR) is 87.2 cm³/mol. The summed E-state index contributed by atoms with van der Waals surface area (Å²) in [4.78, 5) is 0. The highest BCUT2D eigenvalue weighted by Gasteiger charge is 2.12. The van der Waals surface area contributed by atoms with Crippen molar-refractivity contribution in [1.82, 2.24) is 10.6 Å². The van der Waals surface area contributed by atoms with Gasteiger partial charge in [0.25, 0.3) is 0 Å². The Kier molecular flexibility index (Phi) is 5.60. The molecule has 0 aliphatic carbocycles. The van der Waals surface area contributed by atoms with Crippen LogP contribution in [0.3, 0.4) is 0 Å². The molecule has 2 N–H and O–H groups in total. The Morgan fingerprint density at radius 1 is 0.950 bits per heavy atom. The molecule has 1 heterocycles. The lowest BCUT2D eigenvalue weighted by Crippen LogP contribution is -2.30. The topological polar surface area (TPSA) is 24.1 Å². The van der Waals surface area contributed by atoms with E-state index in [4.69, 9.17) is 0 Å². The van der Waals surface area contributed by atoms with E-state index >= 15 is 0 Å². The average molecular weight is 289 g/mol. The third-order valence-electron chi connectivity index (χ3n) is 3.72. The van der Waals surface area contributed by atoms with Crippen LogP contribution in [0, 0.1) is 0 Å². The summed E-state index contributed by atoms with van der Waals surface area (Å²) in [6, 6.07) is 20.0. The van der Waals surface area contributed by atoms with Crippen molar-refractivity contribution >= 4 is 12.4 Å². The summed E-state index contributed by atoms with van der Waals surface area (Å²) in [6.07, 6.45) is 1.24. The van der Waals surface area contributed by atoms with Crippen LogP contribution in [-0.4, -0.2) is 19.1 Å². The normalized spacial score (nSPS) is 17.7. The standard InChI is InChI=1S/C17H20N2.ClH/c1-2-4-15(5-3-1)16-8-6-14(7-9-16)12-19-17-10-11-18-13-17;/h1-9,17-19H,10-13H2;1H. The van der Waals surface area contributed by atoms with Crippen molar-refractivity contribution in [3.8, 4) is 11.1 Å². The van der Waals surface area contributed by atoms with Gasteiger partial charge in [0, 0.05) is 19.1 Å². The monoisotopic (exact) mass is 288 g/mol. The van der Waals surface area contributed by atoms with Gasteiger partial charge < -0.3 is 10.6 Å². The molecular formula is C17H21ClN2. The van der Waals surface area contributed by atoms with Crippen molar-refractivity contribution in [3.05, 3.63) is 60.2 Å². The second-order valence-corrected chi connectivity index (χ2v) is 5.13. The van der Waals surface area contributed by atoms with Crippen LogP contribution in [-0.2, 0) is 6.54 Å². The highest BCUT2D eigenvalue weighted by Crippen LogP contribution is 2.19. The summed E-state index contributed by atoms with van der Waals surface area (Å²) >= 11 is 0. The third-order valence-corrected chi connectivity index (χ3v) is 3.72. The SMILES string of the molecule is Cl.c1ccc(-c2ccc(CNC3CCNC3)cc2)cc1. The Hall–Kier alpha value is -1.35. The molecule has 0 amide bonds. The largest absolute Gasteiger partial charge is 0.315 e. The van der Waals surface area contributed by atoms with Crippen molar-refractivity contribution in [1.29, 1.82) is 0 Å². The second-order valence-electron chi connectivity index (χ2n) is 5.13. The van der Waals surface area contributed by atoms with Crippen molar-refractivity contribution in [3.63, 3.8) is 0 Å². The molecule has 2 nitrogen and oxygen atoms in total. The third kappa shape index (κ3) is 3.83. The predicted octanol–water partition coefficient (Wildman–Crippen LogP) is 3.23. The van der Waals surface area contributed by atoms with Crippen LogP contribution >= 0.6 is 12.4 Å². The summed E-state index contributed by atoms with van der Waals surface area (Å²) in [5, 5.41) is 6.97. The van der Waals surface area contributed by atoms with E-state index in [0.717, 1.165) is 19.6 Å². The van der Waals surface area contributed by atoms with Gasteiger partial charge in [0.1, 0.15) is 0 Å². The van der Waals surface area contributed by atoms with Gasteiger partial charge in [-0.3, -0.25) is 0 Å². The molecule has 2 aromatic carbocycles. The number of nitrogens with one attached hydrogen (secondary N) is 2. The first-order valence-electron chi connectivity index (χ1n) is 7.00. The van der Waals surface area contributed by atoms with Gasteiger partial charge in [-0.25, -0.2) is 0 Å². The molecule has 0 saturated carbocycles. The summed E-state index contributed by atoms with van der Waals surface area (Å²) in [6.45, 7) is 3.20. The molecule has 0 bridgehead atoms. The first kappa shape index (κ1) is 15.0. The summed E-state index contributed by atoms with van der Waals surface area (Å²) < 4.78 is 0. The fourth-order valence-electron chi connectivity index (χ4n) is 2.54. The number of rotatable bonds is 4. The van der Waals surface area contributed by atoms with Crippen LogP contribution in [0.2, 0.25) is 0 Å². The highest BCUT2D eigenvalue weighted by atomic mass is 35.5. The van der Waals surface area contributed by atoms with Gasteiger partial charge in [0.15, 0.2) is 0 Å². The summed E-state index contributed by atoms with van der Waals surface area (Å²) in [5.41, 5.74) is 3.92. The lowest BCUT2D eigenvalue weighted by atomic mass is 10.0. The molecule has 0 aromatic heterocycles. The molecule has 106 valence electrons. The Labute approximate surface area is 127 Å². The lowest BCUT2D eigenvalue weighted by molar-refractivity contribution is 0.547. The van der Waals surface area contributed by atoms with E-state index in [1.165, 1.54) is 23.1 Å². The minimum Gasteiger partial charge on any atom is -0.315 e. The van der Waals surface area contributed by atoms with Crippen LogP contribution < -0.4 is 10.6 Å². The van der Waals surface area contributed by atoms with Gasteiger partial charge >= 0.3 is 0 Å². The Balaban J connectivity index is 0.00000147. The Morgan fingerprint density at radius 3 is 2.30 bits per heavy atom. The van der Waals surface area contributed by atoms with Gasteiger partial charge in [-0.2, -0.15) is 0 Å². The highest BCUT2D eigenvalue weighted by molar-refractivity contribution is 5.85. The molecule has 1 atom stereocenters. The van der Waals surface area contributed by atoms with Crippen LogP contribution in [0.1, 0.15) is 12.0 Å². The van der Waals surface area contributed by atoms with Crippen LogP contribution in [0.15, 0.2) is 54.6 Å². The molecule has 2 aromatic rings. The second kappa shape index (κ2) is 7.44. The van der Waals surface area contributed by atoms with Crippen LogP contribution in [0.5, 0.6) is 0 Å². The lowest BCUT2D eigenvalue weighted by Gasteiger charge is -2.11. The van der Waals surface area contributed by atoms with E-state index in [0.29, 0.717) is 6.04 Å². The van der Waals surface area contributed by atoms with Gasteiger partial charge in [-0.15, -0.1) is 12.4 Å². The molecule has 1 saturated heterocycles. The number of hydrogen-bond acceptors (Lipinski definition) is 2. The first-order chi connectivity index (χ1) is 9.42. The van der Waals surface area contributed by atoms with E-state index < -0.39 is 0 Å². The Bertz CT molecular complexity index is 504. The van der Waals surface area contributed by atoms with Crippen LogP contribution in [0.25, 0.3) is 11.1 Å². The van der Waals surface area contributed by atoms with Gasteiger partial charge in [0.2, 0.25) is 0 Å². The maximum atomic E-state index is 3.59. The maximum Gasteiger partial charge on any atom is 0.0208 e. The molecule has 1 aliphatic rings. The van der Waals surface area contributed by atoms with E-state index in [1.54, 1.807) is 0 Å². The number of halogens is 1. The molecule has 1 fully saturated rings. The van der Waals surface area contributed by atoms with Gasteiger partial charge in [0.05, 0.1) is 0 Å². The van der Waals surface area contributed by atoms with Crippen molar-refractivity contribution in [2.45, 2.75) is 19.0 Å². The van der Waals surface area contributed by atoms with E-state index in [1.807, 2.05) is 0 Å². The van der Waals surface area contributed by atoms with Crippen molar-refractivity contribution < 1.29 is 0 Å². The molecule has 1 aliphatic heterocycles. The van der Waals surface area contributed by atoms with Crippen molar-refractivity contribution in [2.24, 2.45) is 0 Å². The number of benzene rings is 2. The minimum absolute atomic E-state index is 0. The molecule has 0 radical (unpaired) electrons. The van der Waals surface area contributed by atoms with E-state index in [-0.39, 0.29) is 12.4 Å². The molecule has 3 rings (SSSR count). The van der Waals surface area contributed by atoms with Crippen LogP contribution in [0.4, 0.5) is 0 Å². The zero-order valence-electron chi connectivity index (χ0n) is 11.5.